The van der Waals surface area contributed by atoms with Crippen LogP contribution in [0.15, 0.2) is 24.3 Å². The first-order valence-corrected chi connectivity index (χ1v) is 29.7. The molecule has 80 heavy (non-hydrogen) atoms. The Kier molecular flexibility index (Phi) is 25.3. The zero-order valence-electron chi connectivity index (χ0n) is 49.8. The van der Waals surface area contributed by atoms with Crippen LogP contribution in [0.3, 0.4) is 0 Å². The molecule has 4 N–H and O–H groups in total. The first kappa shape index (κ1) is 66.7. The Morgan fingerprint density at radius 3 is 2.08 bits per heavy atom. The largest absolute Gasteiger partial charge is 0.497 e. The van der Waals surface area contributed by atoms with E-state index in [9.17, 15) is 43.5 Å². The monoisotopic (exact) mass is 1140 g/mol. The number of carbonyl (C=O) groups excluding carboxylic acids is 10. The summed E-state index contributed by atoms with van der Waals surface area (Å²) in [6, 6.07) is -1.41. The highest BCUT2D eigenvalue weighted by molar-refractivity contribution is 7.99. The van der Waals surface area contributed by atoms with E-state index in [1.165, 1.54) is 73.3 Å². The molecule has 3 aliphatic heterocycles. The minimum atomic E-state index is -1.66. The van der Waals surface area contributed by atoms with E-state index in [2.05, 4.69) is 16.0 Å². The summed E-state index contributed by atoms with van der Waals surface area (Å²) in [6.07, 6.45) is -0.638. The highest BCUT2D eigenvalue weighted by Crippen LogP contribution is 2.29. The van der Waals surface area contributed by atoms with E-state index >= 15 is 9.59 Å². The number of hydrogen-bond donors (Lipinski definition) is 4. The number of hydrogen-bond acceptors (Lipinski definition) is 15. The number of cyclic esters (lactones) is 2. The number of likely N-dealkylation sites (tertiary alicyclic amines) is 1. The Bertz CT molecular complexity index is 2350. The second-order valence-electron chi connectivity index (χ2n) is 23.2. The van der Waals surface area contributed by atoms with E-state index in [0.29, 0.717) is 37.0 Å². The molecule has 0 bridgehead atoms. The van der Waals surface area contributed by atoms with Gasteiger partial charge < -0.3 is 54.9 Å². The molecule has 3 fully saturated rings. The summed E-state index contributed by atoms with van der Waals surface area (Å²) in [7, 11) is 4.37. The number of nitrogens with zero attached hydrogens (tertiary/aromatic N) is 4. The van der Waals surface area contributed by atoms with Crippen LogP contribution < -0.4 is 20.7 Å². The summed E-state index contributed by atoms with van der Waals surface area (Å²) in [6.45, 7) is 19.1. The summed E-state index contributed by atoms with van der Waals surface area (Å²) < 4.78 is 17.5. The molecule has 7 amide bonds. The van der Waals surface area contributed by atoms with E-state index < -0.39 is 137 Å². The molecule has 1 aromatic rings. The number of aliphatic hydroxyl groups excluding tert-OH is 1. The molecule has 21 nitrogen and oxygen atoms in total. The van der Waals surface area contributed by atoms with Crippen molar-refractivity contribution in [2.75, 3.05) is 40.6 Å². The Morgan fingerprint density at radius 1 is 0.875 bits per heavy atom. The predicted molar refractivity (Wildman–Crippen MR) is 301 cm³/mol. The van der Waals surface area contributed by atoms with E-state index in [1.807, 2.05) is 41.5 Å². The number of esters is 2. The van der Waals surface area contributed by atoms with Gasteiger partial charge in [-0.25, -0.2) is 4.79 Å². The summed E-state index contributed by atoms with van der Waals surface area (Å²) in [5, 5.41) is 18.2. The van der Waals surface area contributed by atoms with Crippen molar-refractivity contribution in [3.05, 3.63) is 29.8 Å². The van der Waals surface area contributed by atoms with E-state index in [1.54, 1.807) is 44.4 Å². The number of Topliss-reactive ketones (excluding diaryl/α,β-unsaturated/α-hetero) is 1. The standard InChI is InChI=1S/C58H91N7O14S/c1-16-34(8)47-45(80-15)30-46(67)79-50(33(6)7)49(68)35(9)51(69)59-40(27-31(2)3)55(73)65-26-18-20-42(65)57(75)63(13)44(29-38-21-23-39(77-14)24-22-38)58(76)78-37(11)48(53(71)60-47)61-52(70)43(28-32(4)5)62(12)56(74)41-19-17-25-64(41)54(72)36(10)66/h21-24,31-37,40-45,47-48,50,66H,16-20,25-30H2,1-15H3,(H,59,69)(H,60,71)(H,61,70)/t34-,35-,36-,37+,40-,41-,42-,43+,44-,45-,47-,48-,50-/m0/s1. The van der Waals surface area contributed by atoms with Crippen LogP contribution in [0.2, 0.25) is 0 Å². The van der Waals surface area contributed by atoms with Gasteiger partial charge in [-0.3, -0.25) is 43.2 Å². The van der Waals surface area contributed by atoms with Crippen LogP contribution >= 0.6 is 11.8 Å². The summed E-state index contributed by atoms with van der Waals surface area (Å²) in [4.78, 5) is 150. The van der Waals surface area contributed by atoms with Gasteiger partial charge in [0.05, 0.1) is 19.4 Å². The van der Waals surface area contributed by atoms with Crippen LogP contribution in [-0.2, 0) is 63.8 Å². The summed E-state index contributed by atoms with van der Waals surface area (Å²) in [5.74, 6) is -9.08. The van der Waals surface area contributed by atoms with Crippen LogP contribution in [0.4, 0.5) is 0 Å². The fourth-order valence-electron chi connectivity index (χ4n) is 10.7. The second kappa shape index (κ2) is 30.3. The van der Waals surface area contributed by atoms with Gasteiger partial charge in [0, 0.05) is 44.9 Å². The van der Waals surface area contributed by atoms with Crippen molar-refractivity contribution in [2.45, 2.75) is 200 Å². The fourth-order valence-corrected chi connectivity index (χ4v) is 11.7. The second-order valence-corrected chi connectivity index (χ2v) is 24.2. The smallest absolute Gasteiger partial charge is 0.329 e. The van der Waals surface area contributed by atoms with Gasteiger partial charge >= 0.3 is 11.9 Å². The van der Waals surface area contributed by atoms with Crippen LogP contribution in [0.1, 0.15) is 133 Å². The number of carbonyl (C=O) groups is 10. The maximum absolute atomic E-state index is 15.2. The number of aliphatic hydroxyl groups is 1. The summed E-state index contributed by atoms with van der Waals surface area (Å²) >= 11 is 1.26. The molecule has 4 rings (SSSR count). The fraction of sp³-hybridized carbons (Fsp3) is 0.724. The Morgan fingerprint density at radius 2 is 1.51 bits per heavy atom. The molecule has 0 spiro atoms. The van der Waals surface area contributed by atoms with Gasteiger partial charge in [-0.15, -0.1) is 0 Å². The third-order valence-corrected chi connectivity index (χ3v) is 16.8. The lowest BCUT2D eigenvalue weighted by Crippen LogP contribution is -2.62. The average Bonchev–Trinajstić information content (AvgIpc) is 4.19. The van der Waals surface area contributed by atoms with Gasteiger partial charge in [0.25, 0.3) is 5.91 Å². The van der Waals surface area contributed by atoms with E-state index in [4.69, 9.17) is 14.2 Å². The number of methoxy groups -OCH3 is 1. The number of fused-ring (bicyclic) bond motifs is 1. The molecule has 0 aliphatic carbocycles. The molecule has 3 heterocycles. The minimum absolute atomic E-state index is 0.0995. The first-order valence-electron chi connectivity index (χ1n) is 28.4. The molecule has 13 atom stereocenters. The lowest BCUT2D eigenvalue weighted by atomic mass is 9.92. The molecule has 448 valence electrons. The Balaban J connectivity index is 1.91. The maximum Gasteiger partial charge on any atom is 0.329 e. The molecule has 22 heteroatoms. The zero-order valence-corrected chi connectivity index (χ0v) is 50.6. The number of thioether (sulfide) groups is 1. The summed E-state index contributed by atoms with van der Waals surface area (Å²) in [5.41, 5.74) is 0.598. The first-order chi connectivity index (χ1) is 37.6. The van der Waals surface area contributed by atoms with Crippen LogP contribution in [-0.4, -0.2) is 190 Å². The molecule has 0 aromatic heterocycles. The zero-order chi connectivity index (χ0) is 60.0. The number of rotatable bonds is 16. The van der Waals surface area contributed by atoms with Crippen LogP contribution in [0.25, 0.3) is 0 Å². The van der Waals surface area contributed by atoms with Crippen molar-refractivity contribution in [3.8, 4) is 5.75 Å². The number of amides is 7. The van der Waals surface area contributed by atoms with Gasteiger partial charge in [-0.1, -0.05) is 73.9 Å². The number of ether oxygens (including phenoxy) is 3. The topological polar surface area (TPSA) is 268 Å². The predicted octanol–water partition coefficient (Wildman–Crippen LogP) is 3.69. The van der Waals surface area contributed by atoms with Crippen LogP contribution in [0, 0.1) is 29.6 Å². The SMILES string of the molecule is CC[C@H](C)[C@@H]1NC(=O)[C@@H](NC(=O)[C@@H](CC(C)C)N(C)C(=O)[C@@H]2CCCN2C(=O)[C@H](C)O)[C@@H](C)OC(=O)[C@H](Cc2ccc(OC)cc2)N(C)C(=O)[C@@H]2CCCN2C(=O)[C@H](CC(C)C)NC(=O)[C@@H](C)C(=O)[C@H](C(C)C)OC(=O)C[C@@H]1SC. The molecule has 0 unspecified atom stereocenters. The Labute approximate surface area is 477 Å². The van der Waals surface area contributed by atoms with Crippen molar-refractivity contribution in [1.82, 2.24) is 35.6 Å². The van der Waals surface area contributed by atoms with Crippen molar-refractivity contribution >= 4 is 70.8 Å². The third-order valence-electron chi connectivity index (χ3n) is 15.8. The highest BCUT2D eigenvalue weighted by atomic mass is 32.2. The van der Waals surface area contributed by atoms with Gasteiger partial charge in [0.2, 0.25) is 35.4 Å². The molecular formula is C58H91N7O14S. The molecule has 1 aromatic carbocycles. The lowest BCUT2D eigenvalue weighted by Gasteiger charge is -2.37. The maximum atomic E-state index is 15.2. The van der Waals surface area contributed by atoms with Crippen molar-refractivity contribution in [3.63, 3.8) is 0 Å². The van der Waals surface area contributed by atoms with Gasteiger partial charge in [-0.05, 0) is 107 Å². The number of nitrogens with one attached hydrogen (secondary N) is 3. The number of benzene rings is 1. The van der Waals surface area contributed by atoms with Crippen LogP contribution in [0.5, 0.6) is 5.75 Å². The lowest BCUT2D eigenvalue weighted by molar-refractivity contribution is -0.162. The van der Waals surface area contributed by atoms with Gasteiger partial charge in [0.1, 0.15) is 54.2 Å². The molecule has 3 saturated heterocycles. The van der Waals surface area contributed by atoms with Gasteiger partial charge in [-0.2, -0.15) is 11.8 Å². The normalized spacial score (nSPS) is 27.5. The third kappa shape index (κ3) is 17.1. The van der Waals surface area contributed by atoms with Crippen molar-refractivity contribution in [1.29, 1.82) is 0 Å². The molecule has 0 saturated carbocycles. The highest BCUT2D eigenvalue weighted by Gasteiger charge is 2.46. The van der Waals surface area contributed by atoms with E-state index in [0.717, 1.165) is 0 Å². The van der Waals surface area contributed by atoms with E-state index in [-0.39, 0.29) is 62.9 Å². The number of likely N-dealkylation sites (N-methyl/N-ethyl adjacent to an activating group) is 2. The minimum Gasteiger partial charge on any atom is -0.497 e. The quantitative estimate of drug-likeness (QED) is 0.136. The molecular weight excluding hydrogens is 1050 g/mol. The number of ketones is 1. The van der Waals surface area contributed by atoms with Crippen molar-refractivity contribution in [2.24, 2.45) is 29.6 Å². The Hall–Kier alpha value is -5.77. The average molecular weight is 1140 g/mol. The molecule has 3 aliphatic rings. The van der Waals surface area contributed by atoms with Gasteiger partial charge in [0.15, 0.2) is 11.9 Å². The molecule has 0 radical (unpaired) electrons. The van der Waals surface area contributed by atoms with Crippen molar-refractivity contribution < 1.29 is 67.3 Å².